The second-order valence-electron chi connectivity index (χ2n) is 10.6. The number of alkyl halides is 1. The summed E-state index contributed by atoms with van der Waals surface area (Å²) in [6.07, 6.45) is 9.50. The van der Waals surface area contributed by atoms with Crippen LogP contribution in [0.1, 0.15) is 58.4 Å². The Morgan fingerprint density at radius 2 is 2.00 bits per heavy atom. The fourth-order valence-electron chi connectivity index (χ4n) is 5.99. The van der Waals surface area contributed by atoms with Crippen LogP contribution >= 0.6 is 11.6 Å². The molecule has 2 fully saturated rings. The van der Waals surface area contributed by atoms with Crippen molar-refractivity contribution in [3.63, 3.8) is 0 Å². The molecule has 10 nitrogen and oxygen atoms in total. The van der Waals surface area contributed by atoms with E-state index in [1.54, 1.807) is 18.5 Å². The van der Waals surface area contributed by atoms with E-state index in [0.29, 0.717) is 33.8 Å². The summed E-state index contributed by atoms with van der Waals surface area (Å²) in [5.41, 5.74) is 2.41. The molecule has 1 unspecified atom stereocenters. The third-order valence-corrected chi connectivity index (χ3v) is 8.33. The maximum atomic E-state index is 14.1. The van der Waals surface area contributed by atoms with Crippen LogP contribution in [0.4, 0.5) is 10.3 Å². The molecule has 1 aliphatic heterocycles. The Kier molecular flexibility index (Phi) is 6.63. The molecule has 200 valence electrons. The van der Waals surface area contributed by atoms with Crippen LogP contribution in [-0.4, -0.2) is 53.9 Å². The highest BCUT2D eigenvalue weighted by atomic mass is 35.5. The van der Waals surface area contributed by atoms with E-state index in [1.807, 2.05) is 0 Å². The van der Waals surface area contributed by atoms with E-state index in [2.05, 4.69) is 38.4 Å². The Hall–Kier alpha value is -3.34. The van der Waals surface area contributed by atoms with Gasteiger partial charge < -0.3 is 9.47 Å². The third kappa shape index (κ3) is 4.46. The summed E-state index contributed by atoms with van der Waals surface area (Å²) >= 11 is 6.34. The van der Waals surface area contributed by atoms with Crippen molar-refractivity contribution in [3.05, 3.63) is 34.0 Å². The van der Waals surface area contributed by atoms with Crippen LogP contribution < -0.4 is 10.7 Å². The normalized spacial score (nSPS) is 22.8. The van der Waals surface area contributed by atoms with Gasteiger partial charge in [-0.05, 0) is 50.5 Å². The number of nitrogens with one attached hydrogen (secondary N) is 1. The van der Waals surface area contributed by atoms with E-state index in [0.717, 1.165) is 43.7 Å². The average molecular weight is 541 g/mol. The number of aromatic nitrogens is 7. The molecule has 1 saturated carbocycles. The number of pyridine rings is 1. The summed E-state index contributed by atoms with van der Waals surface area (Å²) in [6, 6.07) is 1.63. The second kappa shape index (κ2) is 10.1. The van der Waals surface area contributed by atoms with E-state index < -0.39 is 12.4 Å². The number of hydrogen-bond donors (Lipinski definition) is 1. The SMILES string of the molecule is CC([C@H]1CC[C@H](C)CC1)n1c(N2CCC[C@H]2CF)nc2nc(-c3noc(=O)[nH]3)nc(-c3cncc(Cl)c3)c21. The second-order valence-corrected chi connectivity index (χ2v) is 11.0. The maximum absolute atomic E-state index is 14.1. The molecule has 38 heavy (non-hydrogen) atoms. The molecule has 0 radical (unpaired) electrons. The molecule has 6 rings (SSSR count). The van der Waals surface area contributed by atoms with Crippen molar-refractivity contribution >= 4 is 28.7 Å². The third-order valence-electron chi connectivity index (χ3n) is 8.12. The molecule has 2 aliphatic rings. The van der Waals surface area contributed by atoms with Crippen molar-refractivity contribution in [2.45, 2.75) is 64.5 Å². The number of hydrogen-bond acceptors (Lipinski definition) is 8. The highest BCUT2D eigenvalue weighted by molar-refractivity contribution is 6.30. The molecule has 2 atom stereocenters. The molecule has 0 amide bonds. The molecule has 1 saturated heterocycles. The van der Waals surface area contributed by atoms with Crippen LogP contribution in [0.25, 0.3) is 34.1 Å². The summed E-state index contributed by atoms with van der Waals surface area (Å²) in [7, 11) is 0. The molecular formula is C26H30ClFN8O2. The predicted molar refractivity (Wildman–Crippen MR) is 142 cm³/mol. The van der Waals surface area contributed by atoms with Crippen molar-refractivity contribution in [2.24, 2.45) is 11.8 Å². The maximum Gasteiger partial charge on any atom is 0.439 e. The number of aromatic amines is 1. The highest BCUT2D eigenvalue weighted by Gasteiger charge is 2.35. The minimum atomic E-state index is -0.705. The van der Waals surface area contributed by atoms with Crippen molar-refractivity contribution in [3.8, 4) is 22.9 Å². The molecule has 5 heterocycles. The first-order chi connectivity index (χ1) is 18.4. The summed E-state index contributed by atoms with van der Waals surface area (Å²) in [6.45, 7) is 4.80. The number of halogens is 2. The fraction of sp³-hybridized carbons (Fsp3) is 0.538. The van der Waals surface area contributed by atoms with Gasteiger partial charge in [0.2, 0.25) is 17.6 Å². The van der Waals surface area contributed by atoms with Crippen molar-refractivity contribution in [2.75, 3.05) is 18.1 Å². The van der Waals surface area contributed by atoms with Gasteiger partial charge >= 0.3 is 5.76 Å². The minimum absolute atomic E-state index is 0.0792. The minimum Gasteiger partial charge on any atom is -0.337 e. The summed E-state index contributed by atoms with van der Waals surface area (Å²) < 4.78 is 21.0. The zero-order valence-electron chi connectivity index (χ0n) is 21.4. The smallest absolute Gasteiger partial charge is 0.337 e. The Balaban J connectivity index is 1.61. The van der Waals surface area contributed by atoms with Crippen molar-refractivity contribution in [1.29, 1.82) is 0 Å². The quantitative estimate of drug-likeness (QED) is 0.354. The molecule has 0 aromatic carbocycles. The first-order valence-corrected chi connectivity index (χ1v) is 13.6. The lowest BCUT2D eigenvalue weighted by atomic mass is 9.79. The summed E-state index contributed by atoms with van der Waals surface area (Å²) in [4.78, 5) is 35.1. The first kappa shape index (κ1) is 25.0. The largest absolute Gasteiger partial charge is 0.439 e. The first-order valence-electron chi connectivity index (χ1n) is 13.2. The van der Waals surface area contributed by atoms with Crippen LogP contribution in [0.2, 0.25) is 5.02 Å². The van der Waals surface area contributed by atoms with Crippen LogP contribution in [0.3, 0.4) is 0 Å². The molecule has 4 aromatic rings. The molecule has 4 aromatic heterocycles. The van der Waals surface area contributed by atoms with Crippen LogP contribution in [0.15, 0.2) is 27.8 Å². The predicted octanol–water partition coefficient (Wildman–Crippen LogP) is 5.21. The zero-order valence-corrected chi connectivity index (χ0v) is 22.2. The van der Waals surface area contributed by atoms with Gasteiger partial charge in [0, 0.05) is 30.5 Å². The van der Waals surface area contributed by atoms with E-state index in [4.69, 9.17) is 31.1 Å². The monoisotopic (exact) mass is 540 g/mol. The average Bonchev–Trinajstić information content (AvgIpc) is 3.65. The number of imidazole rings is 1. The number of fused-ring (bicyclic) bond motifs is 1. The topological polar surface area (TPSA) is 119 Å². The number of nitrogens with zero attached hydrogens (tertiary/aromatic N) is 7. The molecular weight excluding hydrogens is 511 g/mol. The lowest BCUT2D eigenvalue weighted by molar-refractivity contribution is 0.227. The van der Waals surface area contributed by atoms with Gasteiger partial charge in [0.1, 0.15) is 17.9 Å². The van der Waals surface area contributed by atoms with Gasteiger partial charge in [-0.1, -0.05) is 36.5 Å². The number of rotatable bonds is 6. The van der Waals surface area contributed by atoms with E-state index >= 15 is 0 Å². The number of anilines is 1. The van der Waals surface area contributed by atoms with E-state index in [1.165, 1.54) is 12.8 Å². The Morgan fingerprint density at radius 1 is 1.18 bits per heavy atom. The van der Waals surface area contributed by atoms with E-state index in [-0.39, 0.29) is 23.7 Å². The van der Waals surface area contributed by atoms with Gasteiger partial charge in [0.05, 0.1) is 11.1 Å². The zero-order chi connectivity index (χ0) is 26.4. The molecule has 0 spiro atoms. The Bertz CT molecular complexity index is 1510. The lowest BCUT2D eigenvalue weighted by Crippen LogP contribution is -2.34. The van der Waals surface area contributed by atoms with Gasteiger partial charge in [0.25, 0.3) is 0 Å². The molecule has 0 bridgehead atoms. The summed E-state index contributed by atoms with van der Waals surface area (Å²) in [5, 5.41) is 4.25. The van der Waals surface area contributed by atoms with Gasteiger partial charge in [-0.2, -0.15) is 4.98 Å². The number of H-pyrrole nitrogens is 1. The van der Waals surface area contributed by atoms with Crippen molar-refractivity contribution < 1.29 is 8.91 Å². The Morgan fingerprint density at radius 3 is 2.71 bits per heavy atom. The molecule has 1 aliphatic carbocycles. The van der Waals surface area contributed by atoms with Crippen LogP contribution in [0, 0.1) is 11.8 Å². The fourth-order valence-corrected chi connectivity index (χ4v) is 6.17. The lowest BCUT2D eigenvalue weighted by Gasteiger charge is -2.34. The van der Waals surface area contributed by atoms with Gasteiger partial charge in [-0.25, -0.2) is 19.2 Å². The highest BCUT2D eigenvalue weighted by Crippen LogP contribution is 2.42. The summed E-state index contributed by atoms with van der Waals surface area (Å²) in [5.74, 6) is 1.41. The molecule has 1 N–H and O–H groups in total. The Labute approximate surface area is 223 Å². The van der Waals surface area contributed by atoms with Gasteiger partial charge in [-0.15, -0.1) is 0 Å². The standard InChI is InChI=1S/C26H30ClFN8O2/c1-14-5-7-16(8-6-14)15(2)36-21-20(17-10-18(27)13-29-12-17)30-23(24-33-26(37)38-34-24)31-22(21)32-25(36)35-9-3-4-19(35)11-28/h10,12-16,19H,3-9,11H2,1-2H3,(H,33,34,37)/t14-,15?,16-,19-/m0/s1. The van der Waals surface area contributed by atoms with Crippen LogP contribution in [0.5, 0.6) is 0 Å². The van der Waals surface area contributed by atoms with Crippen LogP contribution in [-0.2, 0) is 0 Å². The van der Waals surface area contributed by atoms with Gasteiger partial charge in [0.15, 0.2) is 5.65 Å². The van der Waals surface area contributed by atoms with Gasteiger partial charge in [-0.3, -0.25) is 14.5 Å². The molecule has 12 heteroatoms. The van der Waals surface area contributed by atoms with Crippen molar-refractivity contribution in [1.82, 2.24) is 34.6 Å². The van der Waals surface area contributed by atoms with E-state index in [9.17, 15) is 9.18 Å².